The predicted octanol–water partition coefficient (Wildman–Crippen LogP) is 5.87. The maximum atomic E-state index is 6.33. The van der Waals surface area contributed by atoms with Crippen LogP contribution < -0.4 is 0 Å². The standard InChI is InChI=1S/C16H16ClI/c1-3-4-12-6-5-11(2)14(9-12)15-10-13(18)7-8-16(15)17/h5-10H,3-4H2,1-2H3. The zero-order valence-corrected chi connectivity index (χ0v) is 13.5. The zero-order chi connectivity index (χ0) is 13.1. The summed E-state index contributed by atoms with van der Waals surface area (Å²) in [5.74, 6) is 0. The summed E-state index contributed by atoms with van der Waals surface area (Å²) in [6, 6.07) is 12.8. The molecule has 0 fully saturated rings. The van der Waals surface area contributed by atoms with E-state index in [9.17, 15) is 0 Å². The molecule has 0 heterocycles. The molecule has 0 aromatic heterocycles. The topological polar surface area (TPSA) is 0 Å². The summed E-state index contributed by atoms with van der Waals surface area (Å²) in [6.45, 7) is 4.35. The maximum Gasteiger partial charge on any atom is 0.0485 e. The van der Waals surface area contributed by atoms with Crippen LogP contribution in [0.5, 0.6) is 0 Å². The van der Waals surface area contributed by atoms with Crippen LogP contribution in [0.25, 0.3) is 11.1 Å². The van der Waals surface area contributed by atoms with Gasteiger partial charge in [-0.1, -0.05) is 43.1 Å². The van der Waals surface area contributed by atoms with Gasteiger partial charge in [-0.25, -0.2) is 0 Å². The van der Waals surface area contributed by atoms with Crippen molar-refractivity contribution >= 4 is 34.2 Å². The molecule has 0 aliphatic rings. The third-order valence-corrected chi connectivity index (χ3v) is 4.06. The Labute approximate surface area is 128 Å². The van der Waals surface area contributed by atoms with Gasteiger partial charge in [0.05, 0.1) is 0 Å². The minimum Gasteiger partial charge on any atom is -0.0837 e. The van der Waals surface area contributed by atoms with E-state index in [2.05, 4.69) is 60.7 Å². The van der Waals surface area contributed by atoms with Crippen LogP contribution in [0.1, 0.15) is 24.5 Å². The van der Waals surface area contributed by atoms with Gasteiger partial charge < -0.3 is 0 Å². The van der Waals surface area contributed by atoms with Crippen LogP contribution in [0.2, 0.25) is 5.02 Å². The first-order chi connectivity index (χ1) is 8.61. The minimum absolute atomic E-state index is 0.826. The van der Waals surface area contributed by atoms with Crippen LogP contribution in [0.4, 0.5) is 0 Å². The van der Waals surface area contributed by atoms with E-state index in [1.54, 1.807) is 0 Å². The van der Waals surface area contributed by atoms with Gasteiger partial charge >= 0.3 is 0 Å². The number of rotatable bonds is 3. The van der Waals surface area contributed by atoms with Crippen LogP contribution in [-0.2, 0) is 6.42 Å². The smallest absolute Gasteiger partial charge is 0.0485 e. The average Bonchev–Trinajstić information content (AvgIpc) is 2.35. The molecule has 94 valence electrons. The lowest BCUT2D eigenvalue weighted by Crippen LogP contribution is -1.90. The monoisotopic (exact) mass is 370 g/mol. The van der Waals surface area contributed by atoms with E-state index < -0.39 is 0 Å². The molecule has 0 saturated heterocycles. The van der Waals surface area contributed by atoms with Crippen molar-refractivity contribution in [2.24, 2.45) is 0 Å². The number of benzene rings is 2. The van der Waals surface area contributed by atoms with Crippen molar-refractivity contribution in [1.29, 1.82) is 0 Å². The molecule has 0 amide bonds. The van der Waals surface area contributed by atoms with Crippen LogP contribution in [0, 0.1) is 10.5 Å². The minimum atomic E-state index is 0.826. The molecule has 2 heteroatoms. The SMILES string of the molecule is CCCc1ccc(C)c(-c2cc(I)ccc2Cl)c1. The molecule has 0 spiro atoms. The summed E-state index contributed by atoms with van der Waals surface area (Å²) in [6.07, 6.45) is 2.29. The molecule has 0 saturated carbocycles. The van der Waals surface area contributed by atoms with Gasteiger partial charge in [-0.3, -0.25) is 0 Å². The maximum absolute atomic E-state index is 6.33. The molecular weight excluding hydrogens is 355 g/mol. The fourth-order valence-corrected chi connectivity index (χ4v) is 2.82. The average molecular weight is 371 g/mol. The summed E-state index contributed by atoms with van der Waals surface area (Å²) >= 11 is 8.66. The Balaban J connectivity index is 2.55. The molecule has 2 rings (SSSR count). The molecule has 2 aromatic carbocycles. The first-order valence-electron chi connectivity index (χ1n) is 6.16. The Kier molecular flexibility index (Phi) is 4.68. The van der Waals surface area contributed by atoms with Crippen molar-refractivity contribution in [3.8, 4) is 11.1 Å². The van der Waals surface area contributed by atoms with Gasteiger partial charge in [0, 0.05) is 14.2 Å². The van der Waals surface area contributed by atoms with Gasteiger partial charge in [0.25, 0.3) is 0 Å². The van der Waals surface area contributed by atoms with Crippen LogP contribution in [0.3, 0.4) is 0 Å². The molecule has 0 bridgehead atoms. The van der Waals surface area contributed by atoms with E-state index in [0.717, 1.165) is 17.0 Å². The molecule has 0 N–H and O–H groups in total. The molecule has 0 radical (unpaired) electrons. The second-order valence-corrected chi connectivity index (χ2v) is 6.18. The van der Waals surface area contributed by atoms with Crippen molar-refractivity contribution in [3.63, 3.8) is 0 Å². The van der Waals surface area contributed by atoms with Gasteiger partial charge in [-0.05, 0) is 70.8 Å². The Bertz CT molecular complexity index is 561. The first kappa shape index (κ1) is 13.9. The summed E-state index contributed by atoms with van der Waals surface area (Å²) < 4.78 is 1.22. The lowest BCUT2D eigenvalue weighted by Gasteiger charge is -2.11. The third-order valence-electron chi connectivity index (χ3n) is 3.06. The number of aryl methyl sites for hydroxylation is 2. The van der Waals surface area contributed by atoms with Crippen molar-refractivity contribution in [2.75, 3.05) is 0 Å². The lowest BCUT2D eigenvalue weighted by atomic mass is 9.96. The number of halogens is 2. The summed E-state index contributed by atoms with van der Waals surface area (Å²) in [7, 11) is 0. The Morgan fingerprint density at radius 3 is 2.56 bits per heavy atom. The first-order valence-corrected chi connectivity index (χ1v) is 7.62. The Hall–Kier alpha value is -0.540. The van der Waals surface area contributed by atoms with Gasteiger partial charge in [0.15, 0.2) is 0 Å². The zero-order valence-electron chi connectivity index (χ0n) is 10.6. The van der Waals surface area contributed by atoms with Crippen molar-refractivity contribution in [3.05, 3.63) is 56.1 Å². The molecule has 2 aromatic rings. The highest BCUT2D eigenvalue weighted by molar-refractivity contribution is 14.1. The number of hydrogen-bond acceptors (Lipinski definition) is 0. The fraction of sp³-hybridized carbons (Fsp3) is 0.250. The van der Waals surface area contributed by atoms with Crippen LogP contribution in [0.15, 0.2) is 36.4 Å². The normalized spacial score (nSPS) is 10.7. The second-order valence-electron chi connectivity index (χ2n) is 4.52. The van der Waals surface area contributed by atoms with E-state index in [0.29, 0.717) is 0 Å². The van der Waals surface area contributed by atoms with Crippen molar-refractivity contribution in [2.45, 2.75) is 26.7 Å². The van der Waals surface area contributed by atoms with E-state index >= 15 is 0 Å². The molecule has 0 nitrogen and oxygen atoms in total. The molecule has 0 aliphatic heterocycles. The lowest BCUT2D eigenvalue weighted by molar-refractivity contribution is 0.921. The molecule has 0 atom stereocenters. The molecule has 0 unspecified atom stereocenters. The van der Waals surface area contributed by atoms with Gasteiger partial charge in [-0.15, -0.1) is 0 Å². The largest absolute Gasteiger partial charge is 0.0837 e. The van der Waals surface area contributed by atoms with Crippen LogP contribution in [-0.4, -0.2) is 0 Å². The quantitative estimate of drug-likeness (QED) is 0.592. The molecular formula is C16H16ClI. The molecule has 0 aliphatic carbocycles. The van der Waals surface area contributed by atoms with E-state index in [4.69, 9.17) is 11.6 Å². The third kappa shape index (κ3) is 3.07. The predicted molar refractivity (Wildman–Crippen MR) is 88.3 cm³/mol. The second kappa shape index (κ2) is 6.07. The Morgan fingerprint density at radius 2 is 1.83 bits per heavy atom. The van der Waals surface area contributed by atoms with Crippen molar-refractivity contribution < 1.29 is 0 Å². The molecule has 18 heavy (non-hydrogen) atoms. The van der Waals surface area contributed by atoms with Gasteiger partial charge in [0.1, 0.15) is 0 Å². The Morgan fingerprint density at radius 1 is 1.06 bits per heavy atom. The van der Waals surface area contributed by atoms with E-state index in [1.165, 1.54) is 26.7 Å². The summed E-state index contributed by atoms with van der Waals surface area (Å²) in [5.41, 5.74) is 5.05. The highest BCUT2D eigenvalue weighted by Crippen LogP contribution is 2.32. The van der Waals surface area contributed by atoms with E-state index in [1.807, 2.05) is 12.1 Å². The fourth-order valence-electron chi connectivity index (χ4n) is 2.11. The van der Waals surface area contributed by atoms with Gasteiger partial charge in [-0.2, -0.15) is 0 Å². The highest BCUT2D eigenvalue weighted by atomic mass is 127. The summed E-state index contributed by atoms with van der Waals surface area (Å²) in [4.78, 5) is 0. The van der Waals surface area contributed by atoms with Gasteiger partial charge in [0.2, 0.25) is 0 Å². The van der Waals surface area contributed by atoms with E-state index in [-0.39, 0.29) is 0 Å². The highest BCUT2D eigenvalue weighted by Gasteiger charge is 2.08. The van der Waals surface area contributed by atoms with Crippen LogP contribution >= 0.6 is 34.2 Å². The van der Waals surface area contributed by atoms with Crippen molar-refractivity contribution in [1.82, 2.24) is 0 Å². The summed E-state index contributed by atoms with van der Waals surface area (Å²) in [5, 5.41) is 0.826. The number of hydrogen-bond donors (Lipinski definition) is 0.